The Morgan fingerprint density at radius 1 is 1.07 bits per heavy atom. The molecule has 0 saturated carbocycles. The Kier molecular flexibility index (Phi) is 10.0. The highest BCUT2D eigenvalue weighted by molar-refractivity contribution is 5.81. The summed E-state index contributed by atoms with van der Waals surface area (Å²) in [5, 5.41) is 0. The van der Waals surface area contributed by atoms with Crippen molar-refractivity contribution in [3.63, 3.8) is 0 Å². The molecule has 0 aromatic heterocycles. The summed E-state index contributed by atoms with van der Waals surface area (Å²) in [6, 6.07) is 8.06. The van der Waals surface area contributed by atoms with Crippen LogP contribution in [0.3, 0.4) is 0 Å². The van der Waals surface area contributed by atoms with E-state index >= 15 is 0 Å². The van der Waals surface area contributed by atoms with Gasteiger partial charge in [0, 0.05) is 0 Å². The van der Waals surface area contributed by atoms with E-state index in [1.54, 1.807) is 6.92 Å². The number of benzene rings is 1. The first kappa shape index (κ1) is 23.5. The second-order valence-electron chi connectivity index (χ2n) is 6.53. The van der Waals surface area contributed by atoms with E-state index in [1.165, 1.54) is 5.56 Å². The van der Waals surface area contributed by atoms with Crippen LogP contribution in [0.2, 0.25) is 0 Å². The summed E-state index contributed by atoms with van der Waals surface area (Å²) in [5.74, 6) is -0.215. The predicted molar refractivity (Wildman–Crippen MR) is 99.9 cm³/mol. The second-order valence-corrected chi connectivity index (χ2v) is 6.53. The van der Waals surface area contributed by atoms with Crippen LogP contribution in [-0.4, -0.2) is 31.9 Å². The lowest BCUT2D eigenvalue weighted by Gasteiger charge is -2.23. The van der Waals surface area contributed by atoms with Crippen molar-refractivity contribution < 1.29 is 38.6 Å². The minimum absolute atomic E-state index is 0.114. The lowest BCUT2D eigenvalue weighted by Crippen LogP contribution is -2.21. The summed E-state index contributed by atoms with van der Waals surface area (Å²) >= 11 is 0. The van der Waals surface area contributed by atoms with Gasteiger partial charge in [-0.3, -0.25) is 4.89 Å². The Morgan fingerprint density at radius 2 is 1.75 bits per heavy atom. The molecule has 0 atom stereocenters. The summed E-state index contributed by atoms with van der Waals surface area (Å²) in [6.45, 7) is 9.52. The van der Waals surface area contributed by atoms with Crippen molar-refractivity contribution in [1.82, 2.24) is 0 Å². The Balaban J connectivity index is 2.28. The Labute approximate surface area is 165 Å². The molecule has 0 radical (unpaired) electrons. The van der Waals surface area contributed by atoms with Crippen molar-refractivity contribution >= 4 is 12.1 Å². The summed E-state index contributed by atoms with van der Waals surface area (Å²) in [4.78, 5) is 41.4. The van der Waals surface area contributed by atoms with E-state index in [2.05, 4.69) is 28.4 Å². The molecule has 0 amide bonds. The topological polar surface area (TPSA) is 89.5 Å². The van der Waals surface area contributed by atoms with Gasteiger partial charge < -0.3 is 14.4 Å². The average molecular weight is 396 g/mol. The standard InChI is InChI=1S/C20H28O8/c1-6-23-19(22)27-25-14-13-24-18(21)11-12-26-28-20(4,5)17-9-7-16(8-10-17)15(2)3/h7-12,15H,6,13-14H2,1-5H3. The van der Waals surface area contributed by atoms with Crippen LogP contribution in [0, 0.1) is 0 Å². The number of carbonyl (C=O) groups excluding carboxylic acids is 2. The lowest BCUT2D eigenvalue weighted by atomic mass is 9.94. The number of rotatable bonds is 11. The molecule has 0 fully saturated rings. The van der Waals surface area contributed by atoms with E-state index in [0.29, 0.717) is 5.92 Å². The summed E-state index contributed by atoms with van der Waals surface area (Å²) in [7, 11) is 0. The van der Waals surface area contributed by atoms with Gasteiger partial charge in [-0.1, -0.05) is 38.1 Å². The van der Waals surface area contributed by atoms with Crippen LogP contribution in [0.4, 0.5) is 4.79 Å². The van der Waals surface area contributed by atoms with Gasteiger partial charge >= 0.3 is 12.1 Å². The molecular weight excluding hydrogens is 368 g/mol. The lowest BCUT2D eigenvalue weighted by molar-refractivity contribution is -0.321. The van der Waals surface area contributed by atoms with Gasteiger partial charge in [-0.25, -0.2) is 9.59 Å². The third-order valence-electron chi connectivity index (χ3n) is 3.59. The summed E-state index contributed by atoms with van der Waals surface area (Å²) in [6.07, 6.45) is 1.19. The average Bonchev–Trinajstić information content (AvgIpc) is 2.65. The molecule has 0 heterocycles. The van der Waals surface area contributed by atoms with Gasteiger partial charge in [-0.05, 0) is 37.8 Å². The zero-order chi connectivity index (χ0) is 21.0. The van der Waals surface area contributed by atoms with E-state index in [-0.39, 0.29) is 19.8 Å². The fourth-order valence-electron chi connectivity index (χ4n) is 2.00. The molecule has 0 aliphatic rings. The highest BCUT2D eigenvalue weighted by Crippen LogP contribution is 2.26. The Bertz CT molecular complexity index is 634. The molecule has 1 aromatic rings. The van der Waals surface area contributed by atoms with E-state index in [9.17, 15) is 9.59 Å². The third-order valence-corrected chi connectivity index (χ3v) is 3.59. The van der Waals surface area contributed by atoms with Crippen LogP contribution in [0.1, 0.15) is 51.7 Å². The number of ether oxygens (including phenoxy) is 2. The SMILES string of the molecule is CCOC(=O)OOCCOC(=O)C=COOC(C)(C)c1ccc(C(C)C)cc1. The van der Waals surface area contributed by atoms with Crippen LogP contribution < -0.4 is 0 Å². The molecule has 8 nitrogen and oxygen atoms in total. The molecule has 0 unspecified atom stereocenters. The summed E-state index contributed by atoms with van der Waals surface area (Å²) in [5.41, 5.74) is 1.47. The Hall–Kier alpha value is -2.58. The molecule has 0 spiro atoms. The maximum absolute atomic E-state index is 11.5. The first-order valence-electron chi connectivity index (χ1n) is 9.00. The molecule has 0 N–H and O–H groups in total. The van der Waals surface area contributed by atoms with Gasteiger partial charge in [0.1, 0.15) is 25.1 Å². The van der Waals surface area contributed by atoms with Gasteiger partial charge in [0.05, 0.1) is 12.7 Å². The zero-order valence-corrected chi connectivity index (χ0v) is 16.9. The van der Waals surface area contributed by atoms with Crippen LogP contribution in [-0.2, 0) is 39.4 Å². The van der Waals surface area contributed by atoms with Crippen molar-refractivity contribution in [1.29, 1.82) is 0 Å². The molecule has 0 aliphatic heterocycles. The minimum Gasteiger partial charge on any atom is -0.460 e. The number of hydrogen-bond acceptors (Lipinski definition) is 8. The fourth-order valence-corrected chi connectivity index (χ4v) is 2.00. The molecule has 28 heavy (non-hydrogen) atoms. The number of hydrogen-bond donors (Lipinski definition) is 0. The number of esters is 1. The normalized spacial score (nSPS) is 11.5. The van der Waals surface area contributed by atoms with Crippen molar-refractivity contribution in [2.75, 3.05) is 19.8 Å². The highest BCUT2D eigenvalue weighted by Gasteiger charge is 2.23. The largest absolute Gasteiger partial charge is 0.540 e. The first-order valence-corrected chi connectivity index (χ1v) is 9.00. The van der Waals surface area contributed by atoms with Crippen molar-refractivity contribution in [3.8, 4) is 0 Å². The van der Waals surface area contributed by atoms with Crippen molar-refractivity contribution in [2.24, 2.45) is 0 Å². The minimum atomic E-state index is -0.958. The van der Waals surface area contributed by atoms with Crippen molar-refractivity contribution in [2.45, 2.75) is 46.1 Å². The maximum atomic E-state index is 11.5. The smallest absolute Gasteiger partial charge is 0.460 e. The van der Waals surface area contributed by atoms with E-state index in [1.807, 2.05) is 38.1 Å². The first-order chi connectivity index (χ1) is 13.3. The quantitative estimate of drug-likeness (QED) is 0.138. The monoisotopic (exact) mass is 396 g/mol. The van der Waals surface area contributed by atoms with Crippen LogP contribution in [0.5, 0.6) is 0 Å². The molecule has 0 bridgehead atoms. The predicted octanol–water partition coefficient (Wildman–Crippen LogP) is 4.15. The third kappa shape index (κ3) is 8.88. The van der Waals surface area contributed by atoms with Gasteiger partial charge in [0.15, 0.2) is 0 Å². The molecular formula is C20H28O8. The molecule has 0 saturated heterocycles. The molecule has 8 heteroatoms. The van der Waals surface area contributed by atoms with Gasteiger partial charge in [0.2, 0.25) is 0 Å². The van der Waals surface area contributed by atoms with E-state index in [0.717, 1.165) is 17.9 Å². The molecule has 0 aliphatic carbocycles. The zero-order valence-electron chi connectivity index (χ0n) is 16.9. The Morgan fingerprint density at radius 3 is 2.36 bits per heavy atom. The highest BCUT2D eigenvalue weighted by atomic mass is 17.2. The van der Waals surface area contributed by atoms with Crippen LogP contribution in [0.15, 0.2) is 36.6 Å². The summed E-state index contributed by atoms with van der Waals surface area (Å²) < 4.78 is 9.29. The molecule has 1 rings (SSSR count). The fraction of sp³-hybridized carbons (Fsp3) is 0.500. The molecule has 1 aromatic carbocycles. The van der Waals surface area contributed by atoms with Crippen molar-refractivity contribution in [3.05, 3.63) is 47.7 Å². The van der Waals surface area contributed by atoms with Crippen LogP contribution in [0.25, 0.3) is 0 Å². The second kappa shape index (κ2) is 12.0. The number of carbonyl (C=O) groups is 2. The van der Waals surface area contributed by atoms with Crippen LogP contribution >= 0.6 is 0 Å². The van der Waals surface area contributed by atoms with Gasteiger partial charge in [-0.2, -0.15) is 9.78 Å². The maximum Gasteiger partial charge on any atom is 0.540 e. The van der Waals surface area contributed by atoms with Gasteiger partial charge in [0.25, 0.3) is 0 Å². The van der Waals surface area contributed by atoms with Gasteiger partial charge in [-0.15, -0.1) is 0 Å². The van der Waals surface area contributed by atoms with E-state index < -0.39 is 17.7 Å². The molecule has 156 valence electrons. The van der Waals surface area contributed by atoms with E-state index in [4.69, 9.17) is 14.5 Å².